The Morgan fingerprint density at radius 3 is 2.71 bits per heavy atom. The van der Waals surface area contributed by atoms with Crippen LogP contribution in [0.1, 0.15) is 10.5 Å². The van der Waals surface area contributed by atoms with Gasteiger partial charge in [-0.1, -0.05) is 11.3 Å². The zero-order valence-electron chi connectivity index (χ0n) is 10.4. The lowest BCUT2D eigenvalue weighted by Gasteiger charge is -2.04. The minimum Gasteiger partial charge on any atom is -0.282 e. The van der Waals surface area contributed by atoms with Gasteiger partial charge in [-0.2, -0.15) is 13.2 Å². The number of aromatic nitrogens is 4. The number of carbonyl (C=O) groups excluding carboxylic acids is 1. The lowest BCUT2D eigenvalue weighted by Crippen LogP contribution is -2.23. The van der Waals surface area contributed by atoms with Gasteiger partial charge >= 0.3 is 6.18 Å². The van der Waals surface area contributed by atoms with Crippen molar-refractivity contribution in [2.45, 2.75) is 6.18 Å². The molecule has 0 aliphatic heterocycles. The number of hydrogen-bond acceptors (Lipinski definition) is 4. The van der Waals surface area contributed by atoms with E-state index in [0.717, 1.165) is 10.9 Å². The molecular formula is C13H7F3N4O. The third-order valence-corrected chi connectivity index (χ3v) is 2.85. The van der Waals surface area contributed by atoms with E-state index in [0.29, 0.717) is 16.6 Å². The first-order valence-corrected chi connectivity index (χ1v) is 5.85. The Hall–Kier alpha value is -2.77. The molecule has 3 rings (SSSR count). The molecule has 8 heteroatoms. The van der Waals surface area contributed by atoms with Gasteiger partial charge in [-0.3, -0.25) is 9.78 Å². The molecule has 0 saturated heterocycles. The second-order valence-electron chi connectivity index (χ2n) is 4.22. The molecular weight excluding hydrogens is 285 g/mol. The van der Waals surface area contributed by atoms with E-state index in [1.54, 1.807) is 36.5 Å². The van der Waals surface area contributed by atoms with E-state index in [-0.39, 0.29) is 0 Å². The number of nitrogens with zero attached hydrogens (tertiary/aromatic N) is 4. The normalized spacial score (nSPS) is 11.8. The standard InChI is InChI=1S/C13H7F3N4O/c14-13(15,16)12(21)10-7-20(19-18-10)11-5-1-4-9-8(11)3-2-6-17-9/h1-7H. The van der Waals surface area contributed by atoms with Crippen LogP contribution in [0.5, 0.6) is 0 Å². The van der Waals surface area contributed by atoms with Gasteiger partial charge in [-0.15, -0.1) is 5.10 Å². The fourth-order valence-electron chi connectivity index (χ4n) is 1.92. The van der Waals surface area contributed by atoms with Gasteiger partial charge in [0.05, 0.1) is 17.4 Å². The van der Waals surface area contributed by atoms with Crippen molar-refractivity contribution >= 4 is 16.7 Å². The zero-order valence-corrected chi connectivity index (χ0v) is 10.4. The predicted octanol–water partition coefficient (Wildman–Crippen LogP) is 2.56. The summed E-state index contributed by atoms with van der Waals surface area (Å²) in [7, 11) is 0. The van der Waals surface area contributed by atoms with E-state index in [4.69, 9.17) is 0 Å². The number of carbonyl (C=O) groups is 1. The van der Waals surface area contributed by atoms with Crippen molar-refractivity contribution in [1.82, 2.24) is 20.0 Å². The molecule has 1 aromatic carbocycles. The van der Waals surface area contributed by atoms with Gasteiger partial charge in [0.1, 0.15) is 0 Å². The number of halogens is 3. The zero-order chi connectivity index (χ0) is 15.0. The first kappa shape index (κ1) is 13.2. The summed E-state index contributed by atoms with van der Waals surface area (Å²) in [5, 5.41) is 7.57. The van der Waals surface area contributed by atoms with Crippen LogP contribution in [0.3, 0.4) is 0 Å². The van der Waals surface area contributed by atoms with Gasteiger partial charge in [0, 0.05) is 11.6 Å². The second kappa shape index (κ2) is 4.65. The summed E-state index contributed by atoms with van der Waals surface area (Å²) >= 11 is 0. The monoisotopic (exact) mass is 292 g/mol. The topological polar surface area (TPSA) is 60.7 Å². The molecule has 0 aliphatic carbocycles. The van der Waals surface area contributed by atoms with Crippen LogP contribution in [0.4, 0.5) is 13.2 Å². The summed E-state index contributed by atoms with van der Waals surface area (Å²) in [6.07, 6.45) is -2.41. The molecule has 0 amide bonds. The van der Waals surface area contributed by atoms with E-state index in [1.165, 1.54) is 0 Å². The molecule has 106 valence electrons. The smallest absolute Gasteiger partial charge is 0.282 e. The van der Waals surface area contributed by atoms with Gasteiger partial charge in [-0.05, 0) is 24.3 Å². The van der Waals surface area contributed by atoms with Crippen molar-refractivity contribution in [2.24, 2.45) is 0 Å². The Kier molecular flexibility index (Phi) is 2.93. The molecule has 0 unspecified atom stereocenters. The lowest BCUT2D eigenvalue weighted by atomic mass is 10.2. The average molecular weight is 292 g/mol. The summed E-state index contributed by atoms with van der Waals surface area (Å²) < 4.78 is 38.2. The fourth-order valence-corrected chi connectivity index (χ4v) is 1.92. The van der Waals surface area contributed by atoms with Gasteiger partial charge in [0.25, 0.3) is 5.78 Å². The highest BCUT2D eigenvalue weighted by molar-refractivity contribution is 5.98. The second-order valence-corrected chi connectivity index (χ2v) is 4.22. The molecule has 2 heterocycles. The number of pyridine rings is 1. The lowest BCUT2D eigenvalue weighted by molar-refractivity contribution is -0.0888. The van der Waals surface area contributed by atoms with Crippen molar-refractivity contribution in [3.63, 3.8) is 0 Å². The van der Waals surface area contributed by atoms with Crippen LogP contribution >= 0.6 is 0 Å². The van der Waals surface area contributed by atoms with Gasteiger partial charge in [0.15, 0.2) is 5.69 Å². The number of ketones is 1. The molecule has 0 N–H and O–H groups in total. The quantitative estimate of drug-likeness (QED) is 0.681. The molecule has 0 atom stereocenters. The molecule has 3 aromatic rings. The minimum absolute atomic E-state index is 0.495. The Bertz CT molecular complexity index is 820. The largest absolute Gasteiger partial charge is 0.456 e. The highest BCUT2D eigenvalue weighted by Gasteiger charge is 2.41. The van der Waals surface area contributed by atoms with Crippen molar-refractivity contribution in [1.29, 1.82) is 0 Å². The first-order chi connectivity index (χ1) is 9.97. The average Bonchev–Trinajstić information content (AvgIpc) is 2.94. The fraction of sp³-hybridized carbons (Fsp3) is 0.0769. The van der Waals surface area contributed by atoms with E-state index >= 15 is 0 Å². The number of Topliss-reactive ketones (excluding diaryl/α,β-unsaturated/α-hetero) is 1. The van der Waals surface area contributed by atoms with Crippen LogP contribution in [0, 0.1) is 0 Å². The van der Waals surface area contributed by atoms with Crippen molar-refractivity contribution in [3.8, 4) is 5.69 Å². The van der Waals surface area contributed by atoms with E-state index < -0.39 is 17.7 Å². The third-order valence-electron chi connectivity index (χ3n) is 2.85. The SMILES string of the molecule is O=C(c1cn(-c2cccc3ncccc23)nn1)C(F)(F)F. The molecule has 0 spiro atoms. The van der Waals surface area contributed by atoms with Crippen molar-refractivity contribution < 1.29 is 18.0 Å². The van der Waals surface area contributed by atoms with Gasteiger partial charge in [0.2, 0.25) is 0 Å². The Labute approximate surface area is 116 Å². The molecule has 0 fully saturated rings. The van der Waals surface area contributed by atoms with E-state index in [9.17, 15) is 18.0 Å². The van der Waals surface area contributed by atoms with Crippen molar-refractivity contribution in [2.75, 3.05) is 0 Å². The highest BCUT2D eigenvalue weighted by Crippen LogP contribution is 2.22. The number of hydrogen-bond donors (Lipinski definition) is 0. The number of rotatable bonds is 2. The number of benzene rings is 1. The number of alkyl halides is 3. The van der Waals surface area contributed by atoms with E-state index in [2.05, 4.69) is 15.3 Å². The summed E-state index contributed by atoms with van der Waals surface area (Å²) in [4.78, 5) is 15.3. The molecule has 0 bridgehead atoms. The number of fused-ring (bicyclic) bond motifs is 1. The minimum atomic E-state index is -4.97. The molecule has 0 saturated carbocycles. The summed E-state index contributed by atoms with van der Waals surface area (Å²) in [6, 6.07) is 8.56. The summed E-state index contributed by atoms with van der Waals surface area (Å²) in [6.45, 7) is 0. The van der Waals surface area contributed by atoms with E-state index in [1.807, 2.05) is 0 Å². The van der Waals surface area contributed by atoms with Gasteiger partial charge in [-0.25, -0.2) is 4.68 Å². The molecule has 2 aromatic heterocycles. The molecule has 0 aliphatic rings. The molecule has 5 nitrogen and oxygen atoms in total. The van der Waals surface area contributed by atoms with Crippen LogP contribution in [0.15, 0.2) is 42.7 Å². The Morgan fingerprint density at radius 1 is 1.14 bits per heavy atom. The maximum absolute atomic E-state index is 12.4. The third kappa shape index (κ3) is 2.35. The van der Waals surface area contributed by atoms with Crippen LogP contribution < -0.4 is 0 Å². The van der Waals surface area contributed by atoms with Gasteiger partial charge < -0.3 is 0 Å². The summed E-state index contributed by atoms with van der Waals surface area (Å²) in [5.41, 5.74) is 0.409. The maximum atomic E-state index is 12.4. The molecule has 21 heavy (non-hydrogen) atoms. The van der Waals surface area contributed by atoms with Crippen LogP contribution in [0.2, 0.25) is 0 Å². The predicted molar refractivity (Wildman–Crippen MR) is 67.0 cm³/mol. The Balaban J connectivity index is 2.09. The van der Waals surface area contributed by atoms with Crippen LogP contribution in [0.25, 0.3) is 16.6 Å². The van der Waals surface area contributed by atoms with Crippen LogP contribution in [-0.4, -0.2) is 31.9 Å². The molecule has 0 radical (unpaired) electrons. The maximum Gasteiger partial charge on any atom is 0.456 e. The van der Waals surface area contributed by atoms with Crippen LogP contribution in [-0.2, 0) is 0 Å². The summed E-state index contributed by atoms with van der Waals surface area (Å²) in [5.74, 6) is -2.02. The Morgan fingerprint density at radius 2 is 1.95 bits per heavy atom. The van der Waals surface area contributed by atoms with Crippen molar-refractivity contribution in [3.05, 3.63) is 48.4 Å². The first-order valence-electron chi connectivity index (χ1n) is 5.85. The highest BCUT2D eigenvalue weighted by atomic mass is 19.4.